The highest BCUT2D eigenvalue weighted by Crippen LogP contribution is 2.27. The van der Waals surface area contributed by atoms with Crippen molar-refractivity contribution < 1.29 is 14.9 Å². The number of nitrogens with zero attached hydrogens (tertiary/aromatic N) is 3. The number of para-hydroxylation sites is 1. The Bertz CT molecular complexity index is 934. The second-order valence-electron chi connectivity index (χ2n) is 6.06. The van der Waals surface area contributed by atoms with E-state index in [1.165, 1.54) is 10.8 Å². The van der Waals surface area contributed by atoms with Crippen molar-refractivity contribution in [2.45, 2.75) is 31.8 Å². The molecule has 3 rings (SSSR count). The van der Waals surface area contributed by atoms with Crippen LogP contribution in [0.3, 0.4) is 0 Å². The van der Waals surface area contributed by atoms with E-state index in [2.05, 4.69) is 4.99 Å². The van der Waals surface area contributed by atoms with E-state index < -0.39 is 29.7 Å². The van der Waals surface area contributed by atoms with Gasteiger partial charge in [-0.3, -0.25) is 9.36 Å². The van der Waals surface area contributed by atoms with Crippen LogP contribution in [0.25, 0.3) is 0 Å². The van der Waals surface area contributed by atoms with E-state index in [0.29, 0.717) is 5.69 Å². The SMILES string of the molecule is Cc1cn([C@H]2C[C@H](O)[C@@H](CO)O2)c(=O)n(C(N)=Nc2ccccc2)c1=O. The minimum atomic E-state index is -0.909. The van der Waals surface area contributed by atoms with Gasteiger partial charge in [-0.25, -0.2) is 9.79 Å². The summed E-state index contributed by atoms with van der Waals surface area (Å²) in [6.45, 7) is 1.17. The van der Waals surface area contributed by atoms with Gasteiger partial charge in [0.1, 0.15) is 12.3 Å². The lowest BCUT2D eigenvalue weighted by molar-refractivity contribution is -0.0461. The van der Waals surface area contributed by atoms with Gasteiger partial charge in [-0.15, -0.1) is 0 Å². The zero-order valence-corrected chi connectivity index (χ0v) is 14.1. The molecule has 2 heterocycles. The number of ether oxygens (including phenoxy) is 1. The van der Waals surface area contributed by atoms with Crippen LogP contribution in [-0.2, 0) is 4.74 Å². The Labute approximate surface area is 148 Å². The van der Waals surface area contributed by atoms with E-state index in [9.17, 15) is 19.8 Å². The van der Waals surface area contributed by atoms with Crippen molar-refractivity contribution in [1.29, 1.82) is 0 Å². The molecule has 138 valence electrons. The number of nitrogens with two attached hydrogens (primary N) is 1. The van der Waals surface area contributed by atoms with Gasteiger partial charge < -0.3 is 20.7 Å². The van der Waals surface area contributed by atoms with Gasteiger partial charge in [0.2, 0.25) is 5.96 Å². The highest BCUT2D eigenvalue weighted by atomic mass is 16.5. The molecule has 0 saturated carbocycles. The molecule has 0 radical (unpaired) electrons. The summed E-state index contributed by atoms with van der Waals surface area (Å²) in [7, 11) is 0. The van der Waals surface area contributed by atoms with E-state index in [4.69, 9.17) is 10.5 Å². The molecule has 0 amide bonds. The number of hydrogen-bond donors (Lipinski definition) is 3. The average molecular weight is 360 g/mol. The molecule has 1 aromatic carbocycles. The number of aliphatic imine (C=N–C) groups is 1. The van der Waals surface area contributed by atoms with E-state index >= 15 is 0 Å². The third-order valence-electron chi connectivity index (χ3n) is 4.21. The first-order valence-corrected chi connectivity index (χ1v) is 8.11. The first-order chi connectivity index (χ1) is 12.4. The maximum atomic E-state index is 12.8. The summed E-state index contributed by atoms with van der Waals surface area (Å²) < 4.78 is 7.46. The molecule has 1 aliphatic heterocycles. The van der Waals surface area contributed by atoms with Crippen LogP contribution in [0.5, 0.6) is 0 Å². The maximum absolute atomic E-state index is 12.8. The van der Waals surface area contributed by atoms with Gasteiger partial charge in [0.25, 0.3) is 5.56 Å². The lowest BCUT2D eigenvalue weighted by atomic mass is 10.2. The zero-order valence-electron chi connectivity index (χ0n) is 14.1. The Balaban J connectivity index is 2.07. The minimum absolute atomic E-state index is 0.110. The van der Waals surface area contributed by atoms with Crippen LogP contribution >= 0.6 is 0 Å². The van der Waals surface area contributed by atoms with Crippen LogP contribution in [0, 0.1) is 6.92 Å². The van der Waals surface area contributed by atoms with Crippen molar-refractivity contribution in [3.8, 4) is 0 Å². The van der Waals surface area contributed by atoms with Crippen molar-refractivity contribution >= 4 is 11.6 Å². The standard InChI is InChI=1S/C17H20N4O5/c1-10-8-20(14-7-12(23)13(9-22)26-14)17(25)21(15(10)24)16(18)19-11-5-3-2-4-6-11/h2-6,8,12-14,22-23H,7,9H2,1H3,(H2,18,19)/t12-,13+,14+/m0/s1. The van der Waals surface area contributed by atoms with Crippen molar-refractivity contribution in [3.63, 3.8) is 0 Å². The summed E-state index contributed by atoms with van der Waals surface area (Å²) >= 11 is 0. The van der Waals surface area contributed by atoms with Gasteiger partial charge >= 0.3 is 5.69 Å². The van der Waals surface area contributed by atoms with Crippen molar-refractivity contribution in [3.05, 3.63) is 62.9 Å². The molecule has 1 saturated heterocycles. The van der Waals surface area contributed by atoms with Gasteiger partial charge in [-0.05, 0) is 19.1 Å². The molecule has 0 spiro atoms. The third-order valence-corrected chi connectivity index (χ3v) is 4.21. The molecule has 9 heteroatoms. The molecular formula is C17H20N4O5. The number of aliphatic hydroxyl groups is 2. The predicted octanol–water partition coefficient (Wildman–Crippen LogP) is -0.546. The Morgan fingerprint density at radius 3 is 2.65 bits per heavy atom. The van der Waals surface area contributed by atoms with Crippen LogP contribution in [0.4, 0.5) is 5.69 Å². The number of aryl methyl sites for hydroxylation is 1. The van der Waals surface area contributed by atoms with E-state index in [0.717, 1.165) is 4.57 Å². The number of hydrogen-bond acceptors (Lipinski definition) is 6. The van der Waals surface area contributed by atoms with Crippen molar-refractivity contribution in [1.82, 2.24) is 9.13 Å². The average Bonchev–Trinajstić information content (AvgIpc) is 2.99. The van der Waals surface area contributed by atoms with E-state index in [1.807, 2.05) is 0 Å². The smallest absolute Gasteiger partial charge is 0.340 e. The van der Waals surface area contributed by atoms with Gasteiger partial charge in [0, 0.05) is 18.2 Å². The van der Waals surface area contributed by atoms with E-state index in [1.54, 1.807) is 37.3 Å². The molecule has 4 N–H and O–H groups in total. The predicted molar refractivity (Wildman–Crippen MR) is 94.4 cm³/mol. The largest absolute Gasteiger partial charge is 0.394 e. The Kier molecular flexibility index (Phi) is 5.03. The Hall–Kier alpha value is -2.75. The van der Waals surface area contributed by atoms with Crippen LogP contribution < -0.4 is 17.0 Å². The van der Waals surface area contributed by atoms with Crippen LogP contribution in [-0.4, -0.2) is 44.1 Å². The summed E-state index contributed by atoms with van der Waals surface area (Å²) in [5, 5.41) is 19.1. The summed E-state index contributed by atoms with van der Waals surface area (Å²) in [6, 6.07) is 8.70. The lowest BCUT2D eigenvalue weighted by Crippen LogP contribution is -2.48. The first-order valence-electron chi connectivity index (χ1n) is 8.11. The molecule has 0 aliphatic carbocycles. The quantitative estimate of drug-likeness (QED) is 0.497. The van der Waals surface area contributed by atoms with Gasteiger partial charge in [0.15, 0.2) is 0 Å². The molecule has 26 heavy (non-hydrogen) atoms. The van der Waals surface area contributed by atoms with Crippen molar-refractivity contribution in [2.24, 2.45) is 10.7 Å². The monoisotopic (exact) mass is 360 g/mol. The molecule has 1 fully saturated rings. The number of rotatable bonds is 3. The van der Waals surface area contributed by atoms with Crippen LogP contribution in [0.15, 0.2) is 51.1 Å². The topological polar surface area (TPSA) is 132 Å². The highest BCUT2D eigenvalue weighted by Gasteiger charge is 2.35. The zero-order chi connectivity index (χ0) is 18.8. The summed E-state index contributed by atoms with van der Waals surface area (Å²) in [4.78, 5) is 29.4. The molecule has 2 aromatic rings. The second kappa shape index (κ2) is 7.24. The third kappa shape index (κ3) is 3.32. The normalized spacial score (nSPS) is 23.3. The summed E-state index contributed by atoms with van der Waals surface area (Å²) in [5.41, 5.74) is 5.37. The molecular weight excluding hydrogens is 340 g/mol. The summed E-state index contributed by atoms with van der Waals surface area (Å²) in [6.07, 6.45) is -1.05. The molecule has 9 nitrogen and oxygen atoms in total. The number of aliphatic hydroxyl groups excluding tert-OH is 2. The number of benzene rings is 1. The fraction of sp³-hybridized carbons (Fsp3) is 0.353. The summed E-state index contributed by atoms with van der Waals surface area (Å²) in [5.74, 6) is -0.263. The number of aromatic nitrogens is 2. The fourth-order valence-corrected chi connectivity index (χ4v) is 2.84. The van der Waals surface area contributed by atoms with Crippen molar-refractivity contribution in [2.75, 3.05) is 6.61 Å². The lowest BCUT2D eigenvalue weighted by Gasteiger charge is -2.17. The maximum Gasteiger partial charge on any atom is 0.340 e. The molecule has 0 unspecified atom stereocenters. The van der Waals surface area contributed by atoms with Crippen LogP contribution in [0.1, 0.15) is 18.2 Å². The van der Waals surface area contributed by atoms with Crippen LogP contribution in [0.2, 0.25) is 0 Å². The fourth-order valence-electron chi connectivity index (χ4n) is 2.84. The molecule has 1 aliphatic rings. The Morgan fingerprint density at radius 1 is 1.35 bits per heavy atom. The van der Waals surface area contributed by atoms with Gasteiger partial charge in [-0.2, -0.15) is 4.57 Å². The van der Waals surface area contributed by atoms with Gasteiger partial charge in [-0.1, -0.05) is 18.2 Å². The highest BCUT2D eigenvalue weighted by molar-refractivity contribution is 5.82. The molecule has 3 atom stereocenters. The minimum Gasteiger partial charge on any atom is -0.394 e. The second-order valence-corrected chi connectivity index (χ2v) is 6.06. The molecule has 0 bridgehead atoms. The van der Waals surface area contributed by atoms with E-state index in [-0.39, 0.29) is 24.6 Å². The Morgan fingerprint density at radius 2 is 2.04 bits per heavy atom. The first kappa shape index (κ1) is 18.1. The van der Waals surface area contributed by atoms with Gasteiger partial charge in [0.05, 0.1) is 18.4 Å². The molecule has 1 aromatic heterocycles.